The average Bonchev–Trinajstić information content (AvgIpc) is 2.94. The lowest BCUT2D eigenvalue weighted by Crippen LogP contribution is -2.41. The first kappa shape index (κ1) is 24.7. The third-order valence-corrected chi connectivity index (χ3v) is 6.89. The molecule has 1 aliphatic heterocycles. The summed E-state index contributed by atoms with van der Waals surface area (Å²) in [6.45, 7) is 7.55. The van der Waals surface area contributed by atoms with Crippen molar-refractivity contribution in [3.8, 4) is 0 Å². The Hall–Kier alpha value is -3.97. The van der Waals surface area contributed by atoms with E-state index in [1.54, 1.807) is 22.8 Å². The molecule has 7 nitrogen and oxygen atoms in total. The van der Waals surface area contributed by atoms with Crippen molar-refractivity contribution in [3.05, 3.63) is 105 Å². The van der Waals surface area contributed by atoms with Gasteiger partial charge >= 0.3 is 0 Å². The zero-order chi connectivity index (χ0) is 25.8. The van der Waals surface area contributed by atoms with Crippen molar-refractivity contribution in [3.63, 3.8) is 0 Å². The molecule has 2 heterocycles. The average molecular weight is 497 g/mol. The number of hydrogen-bond acceptors (Lipinski definition) is 5. The van der Waals surface area contributed by atoms with Gasteiger partial charge in [0.2, 0.25) is 5.95 Å². The van der Waals surface area contributed by atoms with E-state index in [1.807, 2.05) is 49.4 Å². The van der Waals surface area contributed by atoms with Crippen LogP contribution in [0.5, 0.6) is 0 Å². The van der Waals surface area contributed by atoms with Crippen molar-refractivity contribution in [2.75, 3.05) is 37.7 Å². The maximum atomic E-state index is 13.7. The molecule has 0 aliphatic carbocycles. The Morgan fingerprint density at radius 3 is 2.49 bits per heavy atom. The number of carbonyl (C=O) groups excluding carboxylic acids is 1. The lowest BCUT2D eigenvalue weighted by atomic mass is 10.0. The van der Waals surface area contributed by atoms with Gasteiger partial charge in [-0.2, -0.15) is 0 Å². The molecular formula is C30H32N4O3. The minimum atomic E-state index is -0.178. The molecule has 1 amide bonds. The maximum absolute atomic E-state index is 13.7. The first-order valence-electron chi connectivity index (χ1n) is 12.8. The van der Waals surface area contributed by atoms with E-state index < -0.39 is 0 Å². The second-order valence-corrected chi connectivity index (χ2v) is 9.64. The van der Waals surface area contributed by atoms with Crippen molar-refractivity contribution in [1.82, 2.24) is 14.9 Å². The Morgan fingerprint density at radius 2 is 1.76 bits per heavy atom. The van der Waals surface area contributed by atoms with E-state index >= 15 is 0 Å². The van der Waals surface area contributed by atoms with Crippen LogP contribution in [0.3, 0.4) is 0 Å². The fourth-order valence-corrected chi connectivity index (χ4v) is 4.62. The molecule has 0 unspecified atom stereocenters. The van der Waals surface area contributed by atoms with Crippen molar-refractivity contribution in [2.45, 2.75) is 26.3 Å². The highest BCUT2D eigenvalue weighted by atomic mass is 16.5. The summed E-state index contributed by atoms with van der Waals surface area (Å²) < 4.78 is 7.26. The number of amides is 1. The van der Waals surface area contributed by atoms with Crippen LogP contribution in [0, 0.1) is 6.92 Å². The topological polar surface area (TPSA) is 76.5 Å². The summed E-state index contributed by atoms with van der Waals surface area (Å²) in [5, 5.41) is 3.52. The third kappa shape index (κ3) is 5.57. The summed E-state index contributed by atoms with van der Waals surface area (Å²) in [6, 6.07) is 23.4. The van der Waals surface area contributed by atoms with Crippen LogP contribution >= 0.6 is 0 Å². The lowest BCUT2D eigenvalue weighted by molar-refractivity contribution is 0.0951. The molecule has 1 atom stereocenters. The first-order valence-corrected chi connectivity index (χ1v) is 12.8. The number of benzene rings is 3. The SMILES string of the molecule is Cc1ccc(Cn2c(N3CCOCC3)nc3cc(C(=O)NC[C@H](C)c4ccccc4)ccc3c2=O)cc1. The molecule has 1 saturated heterocycles. The van der Waals surface area contributed by atoms with E-state index in [2.05, 4.69) is 29.3 Å². The third-order valence-electron chi connectivity index (χ3n) is 6.89. The molecule has 1 N–H and O–H groups in total. The number of carbonyl (C=O) groups is 1. The van der Waals surface area contributed by atoms with Gasteiger partial charge in [0, 0.05) is 25.2 Å². The Kier molecular flexibility index (Phi) is 7.32. The highest BCUT2D eigenvalue weighted by molar-refractivity contribution is 5.97. The molecule has 5 rings (SSSR count). The number of morpholine rings is 1. The van der Waals surface area contributed by atoms with Gasteiger partial charge in [-0.05, 0) is 42.2 Å². The first-order chi connectivity index (χ1) is 18.0. The standard InChI is InChI=1S/C30H32N4O3/c1-21-8-10-23(11-9-21)20-34-29(36)26-13-12-25(18-27(26)32-30(34)33-14-16-37-17-15-33)28(35)31-19-22(2)24-6-4-3-5-7-24/h3-13,18,22H,14-17,19-20H2,1-2H3,(H,31,35)/t22-/m0/s1. The van der Waals surface area contributed by atoms with E-state index in [4.69, 9.17) is 9.72 Å². The molecule has 0 spiro atoms. The molecule has 4 aromatic rings. The van der Waals surface area contributed by atoms with E-state index in [0.717, 1.165) is 5.56 Å². The summed E-state index contributed by atoms with van der Waals surface area (Å²) in [6.07, 6.45) is 0. The van der Waals surface area contributed by atoms with Crippen LogP contribution < -0.4 is 15.8 Å². The monoisotopic (exact) mass is 496 g/mol. The molecule has 0 saturated carbocycles. The number of hydrogen-bond donors (Lipinski definition) is 1. The van der Waals surface area contributed by atoms with Crippen LogP contribution in [0.1, 0.15) is 39.9 Å². The van der Waals surface area contributed by atoms with Crippen molar-refractivity contribution < 1.29 is 9.53 Å². The number of aromatic nitrogens is 2. The Balaban J connectivity index is 1.45. The second-order valence-electron chi connectivity index (χ2n) is 9.64. The zero-order valence-corrected chi connectivity index (χ0v) is 21.3. The number of nitrogens with one attached hydrogen (secondary N) is 1. The second kappa shape index (κ2) is 11.0. The summed E-state index contributed by atoms with van der Waals surface area (Å²) in [5.74, 6) is 0.616. The number of aryl methyl sites for hydroxylation is 1. The van der Waals surface area contributed by atoms with Gasteiger partial charge < -0.3 is 15.0 Å². The van der Waals surface area contributed by atoms with Gasteiger partial charge in [-0.1, -0.05) is 67.1 Å². The predicted molar refractivity (Wildman–Crippen MR) is 147 cm³/mol. The minimum absolute atomic E-state index is 0.114. The number of anilines is 1. The van der Waals surface area contributed by atoms with Crippen molar-refractivity contribution in [2.24, 2.45) is 0 Å². The Labute approximate surface area is 216 Å². The van der Waals surface area contributed by atoms with Crippen LogP contribution in [0.4, 0.5) is 5.95 Å². The van der Waals surface area contributed by atoms with Gasteiger partial charge in [0.05, 0.1) is 30.7 Å². The number of rotatable bonds is 7. The minimum Gasteiger partial charge on any atom is -0.378 e. The van der Waals surface area contributed by atoms with Gasteiger partial charge in [0.25, 0.3) is 11.5 Å². The zero-order valence-electron chi connectivity index (χ0n) is 21.3. The molecule has 1 aliphatic rings. The molecule has 0 radical (unpaired) electrons. The van der Waals surface area contributed by atoms with Gasteiger partial charge in [-0.3, -0.25) is 14.2 Å². The highest BCUT2D eigenvalue weighted by Crippen LogP contribution is 2.20. The van der Waals surface area contributed by atoms with E-state index in [1.165, 1.54) is 11.1 Å². The number of ether oxygens (including phenoxy) is 1. The quantitative estimate of drug-likeness (QED) is 0.417. The Morgan fingerprint density at radius 1 is 1.03 bits per heavy atom. The maximum Gasteiger partial charge on any atom is 0.263 e. The van der Waals surface area contributed by atoms with E-state index in [9.17, 15) is 9.59 Å². The lowest BCUT2D eigenvalue weighted by Gasteiger charge is -2.30. The van der Waals surface area contributed by atoms with Crippen LogP contribution in [0.25, 0.3) is 10.9 Å². The largest absolute Gasteiger partial charge is 0.378 e. The van der Waals surface area contributed by atoms with Gasteiger partial charge in [0.15, 0.2) is 0 Å². The molecule has 0 bridgehead atoms. The number of fused-ring (bicyclic) bond motifs is 1. The summed E-state index contributed by atoms with van der Waals surface area (Å²) in [5.41, 5.74) is 4.28. The molecule has 3 aromatic carbocycles. The van der Waals surface area contributed by atoms with Crippen LogP contribution in [0.15, 0.2) is 77.6 Å². The van der Waals surface area contributed by atoms with Crippen LogP contribution in [0.2, 0.25) is 0 Å². The van der Waals surface area contributed by atoms with Crippen molar-refractivity contribution >= 4 is 22.8 Å². The molecular weight excluding hydrogens is 464 g/mol. The molecule has 1 fully saturated rings. The van der Waals surface area contributed by atoms with Crippen LogP contribution in [-0.2, 0) is 11.3 Å². The van der Waals surface area contributed by atoms with Crippen LogP contribution in [-0.4, -0.2) is 48.3 Å². The van der Waals surface area contributed by atoms with Gasteiger partial charge in [0.1, 0.15) is 0 Å². The van der Waals surface area contributed by atoms with Gasteiger partial charge in [-0.15, -0.1) is 0 Å². The molecule has 190 valence electrons. The van der Waals surface area contributed by atoms with E-state index in [-0.39, 0.29) is 17.4 Å². The normalized spacial score (nSPS) is 14.5. The smallest absolute Gasteiger partial charge is 0.263 e. The highest BCUT2D eigenvalue weighted by Gasteiger charge is 2.20. The molecule has 1 aromatic heterocycles. The fraction of sp³-hybridized carbons (Fsp3) is 0.300. The molecule has 37 heavy (non-hydrogen) atoms. The predicted octanol–water partition coefficient (Wildman–Crippen LogP) is 4.12. The summed E-state index contributed by atoms with van der Waals surface area (Å²) in [7, 11) is 0. The summed E-state index contributed by atoms with van der Waals surface area (Å²) in [4.78, 5) is 33.7. The number of nitrogens with zero attached hydrogens (tertiary/aromatic N) is 3. The fourth-order valence-electron chi connectivity index (χ4n) is 4.62. The Bertz CT molecular complexity index is 1440. The summed E-state index contributed by atoms with van der Waals surface area (Å²) >= 11 is 0. The van der Waals surface area contributed by atoms with Gasteiger partial charge in [-0.25, -0.2) is 4.98 Å². The van der Waals surface area contributed by atoms with E-state index in [0.29, 0.717) is 61.8 Å². The van der Waals surface area contributed by atoms with Crippen molar-refractivity contribution in [1.29, 1.82) is 0 Å². The molecule has 7 heteroatoms.